The predicted octanol–water partition coefficient (Wildman–Crippen LogP) is 2.72. The number of rotatable bonds is 6. The Hall–Kier alpha value is -1.48. The number of likely N-dealkylation sites (N-methyl/N-ethyl adjacent to an activating group) is 1. The summed E-state index contributed by atoms with van der Waals surface area (Å²) >= 11 is 0. The van der Waals surface area contributed by atoms with Gasteiger partial charge in [0.15, 0.2) is 11.5 Å². The molecule has 0 saturated heterocycles. The van der Waals surface area contributed by atoms with E-state index >= 15 is 0 Å². The fraction of sp³-hybridized carbons (Fsp3) is 0.429. The minimum Gasteiger partial charge on any atom is -0.493 e. The van der Waals surface area contributed by atoms with Crippen molar-refractivity contribution in [3.8, 4) is 11.5 Å². The minimum absolute atomic E-state index is 0.128. The molecule has 1 rings (SSSR count). The number of benzene rings is 1. The van der Waals surface area contributed by atoms with Crippen molar-refractivity contribution in [1.29, 1.82) is 0 Å². The van der Waals surface area contributed by atoms with Crippen LogP contribution in [0.15, 0.2) is 24.3 Å². The van der Waals surface area contributed by atoms with Crippen molar-refractivity contribution in [1.82, 2.24) is 5.32 Å². The third-order valence-electron chi connectivity index (χ3n) is 2.20. The van der Waals surface area contributed by atoms with Crippen molar-refractivity contribution in [3.63, 3.8) is 0 Å². The van der Waals surface area contributed by atoms with Crippen molar-refractivity contribution in [2.45, 2.75) is 20.0 Å². The summed E-state index contributed by atoms with van der Waals surface area (Å²) < 4.78 is 11.1. The average molecular weight is 235 g/mol. The second kappa shape index (κ2) is 6.97. The van der Waals surface area contributed by atoms with Crippen molar-refractivity contribution in [3.05, 3.63) is 29.8 Å². The summed E-state index contributed by atoms with van der Waals surface area (Å²) in [6.45, 7) is 4.85. The molecule has 0 radical (unpaired) electrons. The van der Waals surface area contributed by atoms with Gasteiger partial charge < -0.3 is 14.8 Å². The van der Waals surface area contributed by atoms with E-state index in [0.29, 0.717) is 0 Å². The molecule has 1 aromatic carbocycles. The Morgan fingerprint density at radius 1 is 1.35 bits per heavy atom. The van der Waals surface area contributed by atoms with Gasteiger partial charge in [0.1, 0.15) is 0 Å². The highest BCUT2D eigenvalue weighted by Crippen LogP contribution is 2.32. The molecule has 0 atom stereocenters. The molecule has 94 valence electrons. The summed E-state index contributed by atoms with van der Waals surface area (Å²) in [5.41, 5.74) is 1.04. The van der Waals surface area contributed by atoms with Crippen LogP contribution in [0.4, 0.5) is 0 Å². The van der Waals surface area contributed by atoms with Gasteiger partial charge >= 0.3 is 0 Å². The van der Waals surface area contributed by atoms with Crippen LogP contribution in [-0.2, 0) is 0 Å². The number of nitrogens with one attached hydrogen (secondary N) is 1. The Kier molecular flexibility index (Phi) is 5.57. The lowest BCUT2D eigenvalue weighted by atomic mass is 10.1. The lowest BCUT2D eigenvalue weighted by Crippen LogP contribution is -2.08. The molecule has 0 heterocycles. The van der Waals surface area contributed by atoms with E-state index < -0.39 is 0 Å². The van der Waals surface area contributed by atoms with Gasteiger partial charge in [0, 0.05) is 12.1 Å². The van der Waals surface area contributed by atoms with E-state index in [0.717, 1.165) is 23.6 Å². The molecule has 0 aliphatic rings. The van der Waals surface area contributed by atoms with Crippen LogP contribution in [0.2, 0.25) is 0 Å². The van der Waals surface area contributed by atoms with Crippen LogP contribution in [0.5, 0.6) is 11.5 Å². The third-order valence-corrected chi connectivity index (χ3v) is 2.20. The summed E-state index contributed by atoms with van der Waals surface area (Å²) in [6, 6.07) is 5.89. The van der Waals surface area contributed by atoms with Crippen LogP contribution in [-0.4, -0.2) is 26.8 Å². The van der Waals surface area contributed by atoms with Gasteiger partial charge in [0.25, 0.3) is 0 Å². The summed E-state index contributed by atoms with van der Waals surface area (Å²) in [4.78, 5) is 0. The molecule has 0 amide bonds. The maximum atomic E-state index is 5.80. The van der Waals surface area contributed by atoms with Gasteiger partial charge in [-0.1, -0.05) is 24.3 Å². The lowest BCUT2D eigenvalue weighted by molar-refractivity contribution is 0.229. The smallest absolute Gasteiger partial charge is 0.168 e. The summed E-state index contributed by atoms with van der Waals surface area (Å²) in [6.07, 6.45) is 4.22. The molecule has 3 heteroatoms. The van der Waals surface area contributed by atoms with Gasteiger partial charge in [-0.15, -0.1) is 0 Å². The summed E-state index contributed by atoms with van der Waals surface area (Å²) in [7, 11) is 3.57. The van der Waals surface area contributed by atoms with Crippen molar-refractivity contribution >= 4 is 6.08 Å². The van der Waals surface area contributed by atoms with E-state index in [1.807, 2.05) is 45.2 Å². The number of hydrogen-bond donors (Lipinski definition) is 1. The van der Waals surface area contributed by atoms with E-state index in [4.69, 9.17) is 9.47 Å². The van der Waals surface area contributed by atoms with Crippen LogP contribution in [0.3, 0.4) is 0 Å². The third kappa shape index (κ3) is 4.11. The second-order valence-corrected chi connectivity index (χ2v) is 4.01. The highest BCUT2D eigenvalue weighted by molar-refractivity contribution is 5.62. The van der Waals surface area contributed by atoms with Crippen LogP contribution in [0.1, 0.15) is 19.4 Å². The number of methoxy groups -OCH3 is 1. The average Bonchev–Trinajstić information content (AvgIpc) is 2.30. The number of para-hydroxylation sites is 1. The fourth-order valence-corrected chi connectivity index (χ4v) is 1.49. The van der Waals surface area contributed by atoms with E-state index in [1.54, 1.807) is 7.11 Å². The Balaban J connectivity index is 3.01. The molecule has 0 aliphatic carbocycles. The SMILES string of the molecule is CNCC=Cc1cccc(OC)c1OC(C)C. The quantitative estimate of drug-likeness (QED) is 0.822. The molecule has 17 heavy (non-hydrogen) atoms. The second-order valence-electron chi connectivity index (χ2n) is 4.01. The highest BCUT2D eigenvalue weighted by Gasteiger charge is 2.09. The largest absolute Gasteiger partial charge is 0.493 e. The van der Waals surface area contributed by atoms with E-state index in [2.05, 4.69) is 11.4 Å². The zero-order valence-electron chi connectivity index (χ0n) is 11.0. The van der Waals surface area contributed by atoms with Gasteiger partial charge in [-0.25, -0.2) is 0 Å². The molecule has 0 bridgehead atoms. The molecule has 0 aliphatic heterocycles. The summed E-state index contributed by atoms with van der Waals surface area (Å²) in [5, 5.41) is 3.07. The first kappa shape index (κ1) is 13.6. The van der Waals surface area contributed by atoms with Gasteiger partial charge in [-0.05, 0) is 27.0 Å². The van der Waals surface area contributed by atoms with Crippen LogP contribution in [0.25, 0.3) is 6.08 Å². The minimum atomic E-state index is 0.128. The van der Waals surface area contributed by atoms with Crippen molar-refractivity contribution < 1.29 is 9.47 Å². The lowest BCUT2D eigenvalue weighted by Gasteiger charge is -2.15. The Morgan fingerprint density at radius 3 is 2.71 bits per heavy atom. The molecule has 0 aromatic heterocycles. The molecule has 1 N–H and O–H groups in total. The molecule has 3 nitrogen and oxygen atoms in total. The predicted molar refractivity (Wildman–Crippen MR) is 71.7 cm³/mol. The first-order valence-corrected chi connectivity index (χ1v) is 5.83. The van der Waals surface area contributed by atoms with Gasteiger partial charge in [0.05, 0.1) is 13.2 Å². The first-order chi connectivity index (χ1) is 8.19. The van der Waals surface area contributed by atoms with Crippen molar-refractivity contribution in [2.24, 2.45) is 0 Å². The molecular formula is C14H21NO2. The molecule has 0 fully saturated rings. The van der Waals surface area contributed by atoms with Crippen LogP contribution in [0, 0.1) is 0 Å². The molecule has 0 saturated carbocycles. The number of ether oxygens (including phenoxy) is 2. The highest BCUT2D eigenvalue weighted by atomic mass is 16.5. The molecule has 0 unspecified atom stereocenters. The Bertz CT molecular complexity index is 372. The monoisotopic (exact) mass is 235 g/mol. The maximum Gasteiger partial charge on any atom is 0.168 e. The normalized spacial score (nSPS) is 11.1. The van der Waals surface area contributed by atoms with Crippen molar-refractivity contribution in [2.75, 3.05) is 20.7 Å². The van der Waals surface area contributed by atoms with Gasteiger partial charge in [-0.2, -0.15) is 0 Å². The van der Waals surface area contributed by atoms with Gasteiger partial charge in [-0.3, -0.25) is 0 Å². The standard InChI is InChI=1S/C14H21NO2/c1-11(2)17-14-12(8-6-10-15-3)7-5-9-13(14)16-4/h5-9,11,15H,10H2,1-4H3. The van der Waals surface area contributed by atoms with Crippen LogP contribution >= 0.6 is 0 Å². The first-order valence-electron chi connectivity index (χ1n) is 5.83. The topological polar surface area (TPSA) is 30.5 Å². The van der Waals surface area contributed by atoms with E-state index in [-0.39, 0.29) is 6.10 Å². The van der Waals surface area contributed by atoms with Crippen LogP contribution < -0.4 is 14.8 Å². The Labute approximate surface area is 103 Å². The van der Waals surface area contributed by atoms with E-state index in [1.165, 1.54) is 0 Å². The van der Waals surface area contributed by atoms with E-state index in [9.17, 15) is 0 Å². The molecule has 1 aromatic rings. The molecule has 0 spiro atoms. The summed E-state index contributed by atoms with van der Waals surface area (Å²) in [5.74, 6) is 1.57. The maximum absolute atomic E-state index is 5.80. The zero-order valence-corrected chi connectivity index (χ0v) is 11.0. The molecular weight excluding hydrogens is 214 g/mol. The Morgan fingerprint density at radius 2 is 2.12 bits per heavy atom. The van der Waals surface area contributed by atoms with Gasteiger partial charge in [0.2, 0.25) is 0 Å². The number of hydrogen-bond acceptors (Lipinski definition) is 3. The zero-order chi connectivity index (χ0) is 12.7. The fourth-order valence-electron chi connectivity index (χ4n) is 1.49.